The van der Waals surface area contributed by atoms with E-state index in [1.165, 1.54) is 11.1 Å². The van der Waals surface area contributed by atoms with Gasteiger partial charge in [0.25, 0.3) is 0 Å². The Morgan fingerprint density at radius 3 is 2.29 bits per heavy atom. The van der Waals surface area contributed by atoms with Crippen LogP contribution in [0.1, 0.15) is 36.9 Å². The lowest BCUT2D eigenvalue weighted by molar-refractivity contribution is 0.273. The molecule has 0 radical (unpaired) electrons. The van der Waals surface area contributed by atoms with Gasteiger partial charge in [0.1, 0.15) is 12.4 Å². The molecular formula is C18H22ClNO. The van der Waals surface area contributed by atoms with E-state index in [1.54, 1.807) is 0 Å². The standard InChI is InChI=1S/C18H22ClNO/c1-13(2)14-7-9-15(10-8-14)18(20-3)12-21-17-6-4-5-16(19)11-17/h4-11,13,18,20H,12H2,1-3H3. The van der Waals surface area contributed by atoms with Crippen LogP contribution in [0.25, 0.3) is 0 Å². The highest BCUT2D eigenvalue weighted by Gasteiger charge is 2.11. The van der Waals surface area contributed by atoms with Crippen LogP contribution in [0.5, 0.6) is 5.75 Å². The van der Waals surface area contributed by atoms with Crippen molar-refractivity contribution in [2.24, 2.45) is 0 Å². The minimum absolute atomic E-state index is 0.158. The molecule has 2 rings (SSSR count). The molecule has 0 aliphatic carbocycles. The number of hydrogen-bond donors (Lipinski definition) is 1. The molecule has 3 heteroatoms. The third-order valence-electron chi connectivity index (χ3n) is 3.57. The normalized spacial score (nSPS) is 12.4. The van der Waals surface area contributed by atoms with E-state index < -0.39 is 0 Å². The third-order valence-corrected chi connectivity index (χ3v) is 3.80. The van der Waals surface area contributed by atoms with E-state index in [0.717, 1.165) is 5.75 Å². The fraction of sp³-hybridized carbons (Fsp3) is 0.333. The lowest BCUT2D eigenvalue weighted by Crippen LogP contribution is -2.23. The number of rotatable bonds is 6. The smallest absolute Gasteiger partial charge is 0.120 e. The summed E-state index contributed by atoms with van der Waals surface area (Å²) in [4.78, 5) is 0. The zero-order valence-electron chi connectivity index (χ0n) is 12.8. The summed E-state index contributed by atoms with van der Waals surface area (Å²) in [6.45, 7) is 4.97. The van der Waals surface area contributed by atoms with Crippen LogP contribution in [0, 0.1) is 0 Å². The van der Waals surface area contributed by atoms with Crippen molar-refractivity contribution >= 4 is 11.6 Å². The van der Waals surface area contributed by atoms with E-state index >= 15 is 0 Å². The molecule has 0 amide bonds. The maximum absolute atomic E-state index is 5.96. The van der Waals surface area contributed by atoms with Gasteiger partial charge in [-0.05, 0) is 42.3 Å². The van der Waals surface area contributed by atoms with E-state index in [1.807, 2.05) is 31.3 Å². The molecule has 1 unspecified atom stereocenters. The quantitative estimate of drug-likeness (QED) is 0.827. The summed E-state index contributed by atoms with van der Waals surface area (Å²) in [5, 5.41) is 3.98. The summed E-state index contributed by atoms with van der Waals surface area (Å²) in [7, 11) is 1.95. The van der Waals surface area contributed by atoms with Crippen molar-refractivity contribution in [3.05, 3.63) is 64.7 Å². The highest BCUT2D eigenvalue weighted by atomic mass is 35.5. The van der Waals surface area contributed by atoms with Gasteiger partial charge >= 0.3 is 0 Å². The Hall–Kier alpha value is -1.51. The Morgan fingerprint density at radius 1 is 1.05 bits per heavy atom. The maximum Gasteiger partial charge on any atom is 0.120 e. The van der Waals surface area contributed by atoms with Gasteiger partial charge in [-0.2, -0.15) is 0 Å². The largest absolute Gasteiger partial charge is 0.492 e. The predicted molar refractivity (Wildman–Crippen MR) is 89.3 cm³/mol. The second-order valence-electron chi connectivity index (χ2n) is 5.43. The first-order valence-corrected chi connectivity index (χ1v) is 7.63. The van der Waals surface area contributed by atoms with Crippen molar-refractivity contribution < 1.29 is 4.74 Å². The van der Waals surface area contributed by atoms with Gasteiger partial charge in [0.05, 0.1) is 6.04 Å². The van der Waals surface area contributed by atoms with Crippen molar-refractivity contribution in [1.29, 1.82) is 0 Å². The first-order chi connectivity index (χ1) is 10.1. The molecule has 0 saturated carbocycles. The van der Waals surface area contributed by atoms with Crippen molar-refractivity contribution in [3.63, 3.8) is 0 Å². The average Bonchev–Trinajstić information content (AvgIpc) is 2.48. The molecule has 0 aliphatic rings. The van der Waals surface area contributed by atoms with Crippen LogP contribution >= 0.6 is 11.6 Å². The van der Waals surface area contributed by atoms with Crippen LogP contribution in [0.3, 0.4) is 0 Å². The fourth-order valence-corrected chi connectivity index (χ4v) is 2.38. The molecule has 0 saturated heterocycles. The minimum atomic E-state index is 0.158. The zero-order chi connectivity index (χ0) is 15.2. The highest BCUT2D eigenvalue weighted by molar-refractivity contribution is 6.30. The number of ether oxygens (including phenoxy) is 1. The molecule has 0 spiro atoms. The van der Waals surface area contributed by atoms with Crippen molar-refractivity contribution in [2.75, 3.05) is 13.7 Å². The van der Waals surface area contributed by atoms with E-state index in [4.69, 9.17) is 16.3 Å². The van der Waals surface area contributed by atoms with Crippen LogP contribution in [0.2, 0.25) is 5.02 Å². The number of likely N-dealkylation sites (N-methyl/N-ethyl adjacent to an activating group) is 1. The SMILES string of the molecule is CNC(COc1cccc(Cl)c1)c1ccc(C(C)C)cc1. The summed E-state index contributed by atoms with van der Waals surface area (Å²) in [6.07, 6.45) is 0. The number of nitrogens with one attached hydrogen (secondary N) is 1. The fourth-order valence-electron chi connectivity index (χ4n) is 2.20. The Bertz CT molecular complexity index is 566. The topological polar surface area (TPSA) is 21.3 Å². The van der Waals surface area contributed by atoms with Gasteiger partial charge in [-0.1, -0.05) is 55.8 Å². The van der Waals surface area contributed by atoms with Gasteiger partial charge in [0.15, 0.2) is 0 Å². The number of benzene rings is 2. The molecule has 0 heterocycles. The minimum Gasteiger partial charge on any atom is -0.492 e. The Labute approximate surface area is 132 Å². The molecule has 0 fully saturated rings. The van der Waals surface area contributed by atoms with E-state index in [2.05, 4.69) is 43.4 Å². The first-order valence-electron chi connectivity index (χ1n) is 7.25. The highest BCUT2D eigenvalue weighted by Crippen LogP contribution is 2.21. The Morgan fingerprint density at radius 2 is 1.71 bits per heavy atom. The van der Waals surface area contributed by atoms with Crippen molar-refractivity contribution in [1.82, 2.24) is 5.32 Å². The predicted octanol–water partition coefficient (Wildman–Crippen LogP) is 4.80. The Kier molecular flexibility index (Phi) is 5.66. The zero-order valence-corrected chi connectivity index (χ0v) is 13.5. The van der Waals surface area contributed by atoms with Crippen LogP contribution in [0.15, 0.2) is 48.5 Å². The van der Waals surface area contributed by atoms with E-state index in [-0.39, 0.29) is 6.04 Å². The molecule has 0 aliphatic heterocycles. The summed E-state index contributed by atoms with van der Waals surface area (Å²) in [6, 6.07) is 16.3. The van der Waals surface area contributed by atoms with Crippen LogP contribution in [-0.4, -0.2) is 13.7 Å². The summed E-state index contributed by atoms with van der Waals surface area (Å²) in [5.41, 5.74) is 2.58. The molecule has 21 heavy (non-hydrogen) atoms. The monoisotopic (exact) mass is 303 g/mol. The summed E-state index contributed by atoms with van der Waals surface area (Å²) >= 11 is 5.96. The van der Waals surface area contributed by atoms with Gasteiger partial charge in [0, 0.05) is 5.02 Å². The second kappa shape index (κ2) is 7.48. The summed E-state index contributed by atoms with van der Waals surface area (Å²) in [5.74, 6) is 1.34. The summed E-state index contributed by atoms with van der Waals surface area (Å²) < 4.78 is 5.83. The van der Waals surface area contributed by atoms with Crippen LogP contribution < -0.4 is 10.1 Å². The lowest BCUT2D eigenvalue weighted by Gasteiger charge is -2.18. The molecular weight excluding hydrogens is 282 g/mol. The van der Waals surface area contributed by atoms with Crippen LogP contribution in [-0.2, 0) is 0 Å². The van der Waals surface area contributed by atoms with Crippen molar-refractivity contribution in [2.45, 2.75) is 25.8 Å². The molecule has 1 atom stereocenters. The van der Waals surface area contributed by atoms with Gasteiger partial charge in [-0.25, -0.2) is 0 Å². The molecule has 0 bridgehead atoms. The Balaban J connectivity index is 2.02. The van der Waals surface area contributed by atoms with E-state index in [0.29, 0.717) is 17.5 Å². The maximum atomic E-state index is 5.96. The van der Waals surface area contributed by atoms with Crippen LogP contribution in [0.4, 0.5) is 0 Å². The molecule has 0 aromatic heterocycles. The molecule has 2 aromatic carbocycles. The third kappa shape index (κ3) is 4.48. The average molecular weight is 304 g/mol. The van der Waals surface area contributed by atoms with Gasteiger partial charge in [0.2, 0.25) is 0 Å². The van der Waals surface area contributed by atoms with Gasteiger partial charge < -0.3 is 10.1 Å². The first kappa shape index (κ1) is 15.9. The molecule has 2 aromatic rings. The number of hydrogen-bond acceptors (Lipinski definition) is 2. The van der Waals surface area contributed by atoms with Crippen molar-refractivity contribution in [3.8, 4) is 5.75 Å². The molecule has 112 valence electrons. The second-order valence-corrected chi connectivity index (χ2v) is 5.87. The molecule has 2 nitrogen and oxygen atoms in total. The molecule has 1 N–H and O–H groups in total. The number of halogens is 1. The van der Waals surface area contributed by atoms with Gasteiger partial charge in [-0.15, -0.1) is 0 Å². The van der Waals surface area contributed by atoms with E-state index in [9.17, 15) is 0 Å². The lowest BCUT2D eigenvalue weighted by atomic mass is 9.99. The van der Waals surface area contributed by atoms with Gasteiger partial charge in [-0.3, -0.25) is 0 Å².